The van der Waals surface area contributed by atoms with Crippen LogP contribution in [0.1, 0.15) is 26.3 Å². The number of halogens is 2. The molecule has 1 aliphatic rings. The average molecular weight is 481 g/mol. The summed E-state index contributed by atoms with van der Waals surface area (Å²) in [7, 11) is 0. The number of rotatable bonds is 6. The second kappa shape index (κ2) is 11.9. The first-order chi connectivity index (χ1) is 11.6. The quantitative estimate of drug-likeness (QED) is 0.373. The summed E-state index contributed by atoms with van der Waals surface area (Å²) < 4.78 is 5.51. The van der Waals surface area contributed by atoms with E-state index < -0.39 is 0 Å². The van der Waals surface area contributed by atoms with Crippen molar-refractivity contribution in [1.82, 2.24) is 15.5 Å². The summed E-state index contributed by atoms with van der Waals surface area (Å²) in [5.74, 6) is 0.824. The monoisotopic (exact) mass is 480 g/mol. The minimum absolute atomic E-state index is 0. The van der Waals surface area contributed by atoms with E-state index in [1.807, 2.05) is 24.3 Å². The number of ether oxygens (including phenoxy) is 1. The summed E-state index contributed by atoms with van der Waals surface area (Å²) in [6.45, 7) is 11.4. The van der Waals surface area contributed by atoms with Crippen molar-refractivity contribution in [3.05, 3.63) is 34.9 Å². The lowest BCUT2D eigenvalue weighted by Crippen LogP contribution is -2.53. The second-order valence-electron chi connectivity index (χ2n) is 6.18. The predicted molar refractivity (Wildman–Crippen MR) is 116 cm³/mol. The molecule has 2 rings (SSSR count). The van der Waals surface area contributed by atoms with Crippen LogP contribution < -0.4 is 10.6 Å². The minimum Gasteiger partial charge on any atom is -0.379 e. The van der Waals surface area contributed by atoms with Gasteiger partial charge in [0, 0.05) is 36.7 Å². The van der Waals surface area contributed by atoms with E-state index in [-0.39, 0.29) is 24.0 Å². The van der Waals surface area contributed by atoms with Crippen molar-refractivity contribution in [2.24, 2.45) is 4.99 Å². The SMILES string of the molecule is CCNC(=NCc1ccccc1Cl)NCC(C)N1CCOCC1C.I. The molecule has 1 fully saturated rings. The zero-order chi connectivity index (χ0) is 17.4. The molecule has 0 amide bonds. The number of guanidine groups is 1. The molecule has 0 radical (unpaired) electrons. The molecule has 0 saturated carbocycles. The third kappa shape index (κ3) is 7.29. The zero-order valence-corrected chi connectivity index (χ0v) is 18.4. The first kappa shape index (κ1) is 22.5. The van der Waals surface area contributed by atoms with Crippen LogP contribution in [0.4, 0.5) is 0 Å². The van der Waals surface area contributed by atoms with E-state index in [1.54, 1.807) is 0 Å². The number of aliphatic imine (C=N–C) groups is 1. The van der Waals surface area contributed by atoms with E-state index in [0.29, 0.717) is 18.6 Å². The van der Waals surface area contributed by atoms with E-state index in [2.05, 4.69) is 41.3 Å². The highest BCUT2D eigenvalue weighted by Gasteiger charge is 2.23. The molecule has 2 atom stereocenters. The van der Waals surface area contributed by atoms with Gasteiger partial charge in [0.1, 0.15) is 0 Å². The Balaban J connectivity index is 0.00000312. The van der Waals surface area contributed by atoms with Gasteiger partial charge in [0.25, 0.3) is 0 Å². The Labute approximate surface area is 173 Å². The molecule has 1 heterocycles. The van der Waals surface area contributed by atoms with Crippen LogP contribution in [-0.2, 0) is 11.3 Å². The van der Waals surface area contributed by atoms with Crippen LogP contribution in [0.25, 0.3) is 0 Å². The molecule has 25 heavy (non-hydrogen) atoms. The third-order valence-corrected chi connectivity index (χ3v) is 4.63. The van der Waals surface area contributed by atoms with Gasteiger partial charge < -0.3 is 15.4 Å². The summed E-state index contributed by atoms with van der Waals surface area (Å²) in [4.78, 5) is 7.13. The topological polar surface area (TPSA) is 48.9 Å². The van der Waals surface area contributed by atoms with Gasteiger partial charge in [0.15, 0.2) is 5.96 Å². The van der Waals surface area contributed by atoms with Gasteiger partial charge in [-0.3, -0.25) is 4.90 Å². The maximum atomic E-state index is 6.20. The molecule has 0 spiro atoms. The van der Waals surface area contributed by atoms with Gasteiger partial charge in [-0.15, -0.1) is 24.0 Å². The lowest BCUT2D eigenvalue weighted by atomic mass is 10.2. The fraction of sp³-hybridized carbons (Fsp3) is 0.611. The van der Waals surface area contributed by atoms with Gasteiger partial charge in [0.05, 0.1) is 19.8 Å². The van der Waals surface area contributed by atoms with E-state index in [0.717, 1.165) is 49.4 Å². The van der Waals surface area contributed by atoms with Gasteiger partial charge in [-0.1, -0.05) is 29.8 Å². The number of nitrogens with one attached hydrogen (secondary N) is 2. The van der Waals surface area contributed by atoms with Crippen LogP contribution in [-0.4, -0.2) is 55.8 Å². The third-order valence-electron chi connectivity index (χ3n) is 4.26. The highest BCUT2D eigenvalue weighted by Crippen LogP contribution is 2.15. The van der Waals surface area contributed by atoms with Crippen LogP contribution >= 0.6 is 35.6 Å². The molecule has 2 N–H and O–H groups in total. The van der Waals surface area contributed by atoms with Crippen molar-refractivity contribution in [3.63, 3.8) is 0 Å². The molecular weight excluding hydrogens is 451 g/mol. The first-order valence-corrected chi connectivity index (χ1v) is 9.08. The normalized spacial score (nSPS) is 19.8. The summed E-state index contributed by atoms with van der Waals surface area (Å²) in [6.07, 6.45) is 0. The van der Waals surface area contributed by atoms with Crippen LogP contribution in [0.3, 0.4) is 0 Å². The maximum Gasteiger partial charge on any atom is 0.191 e. The van der Waals surface area contributed by atoms with Crippen molar-refractivity contribution in [1.29, 1.82) is 0 Å². The fourth-order valence-electron chi connectivity index (χ4n) is 2.89. The zero-order valence-electron chi connectivity index (χ0n) is 15.3. The molecule has 7 heteroatoms. The Morgan fingerprint density at radius 2 is 2.16 bits per heavy atom. The molecule has 1 saturated heterocycles. The van der Waals surface area contributed by atoms with Gasteiger partial charge >= 0.3 is 0 Å². The molecular formula is C18H30ClIN4O. The smallest absolute Gasteiger partial charge is 0.191 e. The van der Waals surface area contributed by atoms with Crippen LogP contribution in [0, 0.1) is 0 Å². The highest BCUT2D eigenvalue weighted by atomic mass is 127. The molecule has 2 unspecified atom stereocenters. The lowest BCUT2D eigenvalue weighted by Gasteiger charge is -2.38. The Morgan fingerprint density at radius 3 is 2.84 bits per heavy atom. The highest BCUT2D eigenvalue weighted by molar-refractivity contribution is 14.0. The van der Waals surface area contributed by atoms with E-state index >= 15 is 0 Å². The molecule has 1 aromatic carbocycles. The lowest BCUT2D eigenvalue weighted by molar-refractivity contribution is -0.0174. The van der Waals surface area contributed by atoms with Crippen molar-refractivity contribution in [3.8, 4) is 0 Å². The average Bonchev–Trinajstić information content (AvgIpc) is 2.58. The molecule has 142 valence electrons. The number of morpholine rings is 1. The van der Waals surface area contributed by atoms with Crippen molar-refractivity contribution in [2.75, 3.05) is 32.8 Å². The van der Waals surface area contributed by atoms with Gasteiger partial charge in [-0.25, -0.2) is 4.99 Å². The number of benzene rings is 1. The summed E-state index contributed by atoms with van der Waals surface area (Å²) in [5, 5.41) is 7.49. The summed E-state index contributed by atoms with van der Waals surface area (Å²) in [6, 6.07) is 8.71. The van der Waals surface area contributed by atoms with E-state index in [4.69, 9.17) is 16.3 Å². The summed E-state index contributed by atoms with van der Waals surface area (Å²) in [5.41, 5.74) is 1.03. The molecule has 0 aliphatic carbocycles. The summed E-state index contributed by atoms with van der Waals surface area (Å²) >= 11 is 6.20. The molecule has 1 aromatic rings. The predicted octanol–water partition coefficient (Wildman–Crippen LogP) is 3.12. The number of nitrogens with zero attached hydrogens (tertiary/aromatic N) is 2. The Kier molecular flexibility index (Phi) is 10.7. The number of hydrogen-bond donors (Lipinski definition) is 2. The number of hydrogen-bond acceptors (Lipinski definition) is 3. The minimum atomic E-state index is 0. The van der Waals surface area contributed by atoms with Crippen molar-refractivity contribution >= 4 is 41.5 Å². The van der Waals surface area contributed by atoms with E-state index in [1.165, 1.54) is 0 Å². The second-order valence-corrected chi connectivity index (χ2v) is 6.59. The largest absolute Gasteiger partial charge is 0.379 e. The Bertz CT molecular complexity index is 544. The standard InChI is InChI=1S/C18H29ClN4O.HI/c1-4-20-18(22-12-16-7-5-6-8-17(16)19)21-11-14(2)23-9-10-24-13-15(23)3;/h5-8,14-15H,4,9-13H2,1-3H3,(H2,20,21,22);1H. The van der Waals surface area contributed by atoms with E-state index in [9.17, 15) is 0 Å². The van der Waals surface area contributed by atoms with Gasteiger partial charge in [0.2, 0.25) is 0 Å². The van der Waals surface area contributed by atoms with Crippen molar-refractivity contribution < 1.29 is 4.74 Å². The molecule has 5 nitrogen and oxygen atoms in total. The fourth-order valence-corrected chi connectivity index (χ4v) is 3.08. The van der Waals surface area contributed by atoms with Gasteiger partial charge in [-0.2, -0.15) is 0 Å². The van der Waals surface area contributed by atoms with Crippen molar-refractivity contribution in [2.45, 2.75) is 39.4 Å². The maximum absolute atomic E-state index is 6.20. The van der Waals surface area contributed by atoms with Gasteiger partial charge in [-0.05, 0) is 32.4 Å². The molecule has 0 bridgehead atoms. The first-order valence-electron chi connectivity index (χ1n) is 8.71. The molecule has 1 aliphatic heterocycles. The Morgan fingerprint density at radius 1 is 1.40 bits per heavy atom. The van der Waals surface area contributed by atoms with Crippen LogP contribution in [0.15, 0.2) is 29.3 Å². The van der Waals surface area contributed by atoms with Crippen LogP contribution in [0.5, 0.6) is 0 Å². The van der Waals surface area contributed by atoms with Crippen LogP contribution in [0.2, 0.25) is 5.02 Å². The molecule has 0 aromatic heterocycles. The Hall–Kier alpha value is -0.570.